The minimum atomic E-state index is -0.423. The molecule has 1 aliphatic carbocycles. The Morgan fingerprint density at radius 1 is 1.33 bits per heavy atom. The molecule has 0 radical (unpaired) electrons. The Morgan fingerprint density at radius 3 is 2.57 bits per heavy atom. The summed E-state index contributed by atoms with van der Waals surface area (Å²) in [4.78, 5) is 11.9. The lowest BCUT2D eigenvalue weighted by molar-refractivity contribution is 0.168. The minimum Gasteiger partial charge on any atom is -0.448 e. The molecule has 0 heterocycles. The Balaban J connectivity index is 2.27. The quantitative estimate of drug-likeness (QED) is 0.741. The summed E-state index contributed by atoms with van der Waals surface area (Å²) in [5.41, 5.74) is 3.29. The van der Waals surface area contributed by atoms with Crippen LogP contribution in [0.4, 0.5) is 10.5 Å². The zero-order valence-corrected chi connectivity index (χ0v) is 13.7. The molecule has 0 aromatic heterocycles. The summed E-state index contributed by atoms with van der Waals surface area (Å²) in [5, 5.41) is 2.94. The summed E-state index contributed by atoms with van der Waals surface area (Å²) in [6.45, 7) is 6.74. The van der Waals surface area contributed by atoms with E-state index in [1.54, 1.807) is 0 Å². The summed E-state index contributed by atoms with van der Waals surface area (Å²) in [5.74, 6) is 1.86. The molecule has 1 unspecified atom stereocenters. The van der Waals surface area contributed by atoms with E-state index in [0.29, 0.717) is 17.7 Å². The first-order valence-corrected chi connectivity index (χ1v) is 8.20. The number of anilines is 1. The fourth-order valence-corrected chi connectivity index (χ4v) is 2.79. The molecular formula is C17H24ClNO2. The van der Waals surface area contributed by atoms with E-state index in [0.717, 1.165) is 17.2 Å². The number of amides is 1. The Hall–Kier alpha value is -1.22. The number of carbonyl (C=O) groups is 1. The average molecular weight is 310 g/mol. The fraction of sp³-hybridized carbons (Fsp3) is 0.588. The van der Waals surface area contributed by atoms with Crippen LogP contribution in [0.3, 0.4) is 0 Å². The molecule has 1 atom stereocenters. The zero-order chi connectivity index (χ0) is 15.4. The molecule has 1 saturated carbocycles. The third kappa shape index (κ3) is 4.13. The lowest BCUT2D eigenvalue weighted by atomic mass is 9.89. The molecule has 1 fully saturated rings. The van der Waals surface area contributed by atoms with Gasteiger partial charge in [0.05, 0.1) is 11.6 Å². The Bertz CT molecular complexity index is 498. The van der Waals surface area contributed by atoms with Crippen molar-refractivity contribution in [2.24, 2.45) is 5.92 Å². The highest BCUT2D eigenvalue weighted by atomic mass is 35.5. The number of nitrogens with one attached hydrogen (secondary N) is 1. The monoisotopic (exact) mass is 309 g/mol. The summed E-state index contributed by atoms with van der Waals surface area (Å²) in [7, 11) is 0. The van der Waals surface area contributed by atoms with E-state index in [1.807, 2.05) is 0 Å². The van der Waals surface area contributed by atoms with Crippen molar-refractivity contribution in [2.45, 2.75) is 45.4 Å². The van der Waals surface area contributed by atoms with Crippen molar-refractivity contribution < 1.29 is 9.53 Å². The zero-order valence-electron chi connectivity index (χ0n) is 13.0. The number of ether oxygens (including phenoxy) is 1. The van der Waals surface area contributed by atoms with E-state index in [1.165, 1.54) is 18.4 Å². The van der Waals surface area contributed by atoms with Crippen molar-refractivity contribution >= 4 is 23.4 Å². The normalized spacial score (nSPS) is 15.9. The van der Waals surface area contributed by atoms with Crippen LogP contribution >= 0.6 is 11.6 Å². The number of benzene rings is 1. The van der Waals surface area contributed by atoms with Crippen LogP contribution in [0.2, 0.25) is 0 Å². The van der Waals surface area contributed by atoms with Crippen LogP contribution in [0, 0.1) is 5.92 Å². The standard InChI is InChI=1S/C17H24ClNO2/c1-11(2)14-5-4-6-15(12(3)13-7-8-13)16(14)19-17(20)21-10-9-18/h4-6,11-13H,7-10H2,1-3H3,(H,19,20). The van der Waals surface area contributed by atoms with Gasteiger partial charge in [0.15, 0.2) is 0 Å². The number of halogens is 1. The summed E-state index contributed by atoms with van der Waals surface area (Å²) in [6, 6.07) is 6.27. The van der Waals surface area contributed by atoms with Crippen LogP contribution in [0.15, 0.2) is 18.2 Å². The van der Waals surface area contributed by atoms with E-state index in [2.05, 4.69) is 44.3 Å². The number of para-hydroxylation sites is 1. The maximum absolute atomic E-state index is 11.9. The molecule has 3 nitrogen and oxygen atoms in total. The number of hydrogen-bond acceptors (Lipinski definition) is 2. The molecule has 0 aliphatic heterocycles. The molecule has 0 bridgehead atoms. The van der Waals surface area contributed by atoms with Gasteiger partial charge in [-0.3, -0.25) is 5.32 Å². The van der Waals surface area contributed by atoms with Crippen LogP contribution < -0.4 is 5.32 Å². The molecule has 1 aromatic rings. The predicted octanol–water partition coefficient (Wildman–Crippen LogP) is 5.11. The molecule has 2 rings (SSSR count). The number of hydrogen-bond donors (Lipinski definition) is 1. The van der Waals surface area contributed by atoms with Crippen molar-refractivity contribution in [3.63, 3.8) is 0 Å². The summed E-state index contributed by atoms with van der Waals surface area (Å²) >= 11 is 5.56. The Kier molecular flexibility index (Phi) is 5.51. The first kappa shape index (κ1) is 16.2. The SMILES string of the molecule is CC(C)c1cccc(C(C)C2CC2)c1NC(=O)OCCCl. The van der Waals surface area contributed by atoms with E-state index in [4.69, 9.17) is 16.3 Å². The van der Waals surface area contributed by atoms with Gasteiger partial charge in [-0.1, -0.05) is 39.0 Å². The topological polar surface area (TPSA) is 38.3 Å². The second kappa shape index (κ2) is 7.17. The molecule has 0 saturated heterocycles. The molecular weight excluding hydrogens is 286 g/mol. The van der Waals surface area contributed by atoms with Gasteiger partial charge >= 0.3 is 6.09 Å². The van der Waals surface area contributed by atoms with Crippen molar-refractivity contribution in [3.8, 4) is 0 Å². The van der Waals surface area contributed by atoms with E-state index in [-0.39, 0.29) is 6.61 Å². The van der Waals surface area contributed by atoms with Gasteiger partial charge in [0, 0.05) is 0 Å². The van der Waals surface area contributed by atoms with Gasteiger partial charge in [-0.15, -0.1) is 11.6 Å². The van der Waals surface area contributed by atoms with Gasteiger partial charge in [-0.05, 0) is 41.7 Å². The Labute approximate surface area is 132 Å². The highest BCUT2D eigenvalue weighted by Crippen LogP contribution is 2.45. The van der Waals surface area contributed by atoms with Crippen molar-refractivity contribution in [2.75, 3.05) is 17.8 Å². The third-order valence-electron chi connectivity index (χ3n) is 4.11. The largest absolute Gasteiger partial charge is 0.448 e. The van der Waals surface area contributed by atoms with Gasteiger partial charge in [-0.25, -0.2) is 4.79 Å². The molecule has 0 spiro atoms. The maximum Gasteiger partial charge on any atom is 0.411 e. The first-order chi connectivity index (χ1) is 10.0. The van der Waals surface area contributed by atoms with Crippen LogP contribution in [0.25, 0.3) is 0 Å². The second-order valence-corrected chi connectivity index (χ2v) is 6.42. The number of rotatable bonds is 6. The van der Waals surface area contributed by atoms with Crippen molar-refractivity contribution in [1.82, 2.24) is 0 Å². The number of alkyl halides is 1. The van der Waals surface area contributed by atoms with Crippen LogP contribution in [0.5, 0.6) is 0 Å². The maximum atomic E-state index is 11.9. The van der Waals surface area contributed by atoms with Gasteiger partial charge in [-0.2, -0.15) is 0 Å². The lowest BCUT2D eigenvalue weighted by Gasteiger charge is -2.21. The first-order valence-electron chi connectivity index (χ1n) is 7.67. The minimum absolute atomic E-state index is 0.227. The second-order valence-electron chi connectivity index (χ2n) is 6.04. The Morgan fingerprint density at radius 2 is 2.00 bits per heavy atom. The molecule has 1 N–H and O–H groups in total. The smallest absolute Gasteiger partial charge is 0.411 e. The molecule has 21 heavy (non-hydrogen) atoms. The van der Waals surface area contributed by atoms with Gasteiger partial charge < -0.3 is 4.74 Å². The van der Waals surface area contributed by atoms with E-state index < -0.39 is 6.09 Å². The summed E-state index contributed by atoms with van der Waals surface area (Å²) < 4.78 is 5.06. The predicted molar refractivity (Wildman–Crippen MR) is 87.4 cm³/mol. The molecule has 1 aromatic carbocycles. The molecule has 1 aliphatic rings. The number of carbonyl (C=O) groups excluding carboxylic acids is 1. The highest BCUT2D eigenvalue weighted by Gasteiger charge is 2.31. The van der Waals surface area contributed by atoms with Crippen LogP contribution in [0.1, 0.15) is 56.6 Å². The highest BCUT2D eigenvalue weighted by molar-refractivity contribution is 6.18. The van der Waals surface area contributed by atoms with Gasteiger partial charge in [0.2, 0.25) is 0 Å². The molecule has 116 valence electrons. The third-order valence-corrected chi connectivity index (χ3v) is 4.26. The molecule has 1 amide bonds. The summed E-state index contributed by atoms with van der Waals surface area (Å²) in [6.07, 6.45) is 2.14. The van der Waals surface area contributed by atoms with Gasteiger partial charge in [0.25, 0.3) is 0 Å². The molecule has 4 heteroatoms. The average Bonchev–Trinajstić information content (AvgIpc) is 3.29. The van der Waals surface area contributed by atoms with Crippen molar-refractivity contribution in [3.05, 3.63) is 29.3 Å². The van der Waals surface area contributed by atoms with Crippen LogP contribution in [-0.4, -0.2) is 18.6 Å². The lowest BCUT2D eigenvalue weighted by Crippen LogP contribution is -2.18. The fourth-order valence-electron chi connectivity index (χ4n) is 2.71. The van der Waals surface area contributed by atoms with Crippen LogP contribution in [-0.2, 0) is 4.74 Å². The van der Waals surface area contributed by atoms with Gasteiger partial charge in [0.1, 0.15) is 6.61 Å². The van der Waals surface area contributed by atoms with E-state index >= 15 is 0 Å². The van der Waals surface area contributed by atoms with E-state index in [9.17, 15) is 4.79 Å². The van der Waals surface area contributed by atoms with Crippen molar-refractivity contribution in [1.29, 1.82) is 0 Å².